The van der Waals surface area contributed by atoms with Crippen molar-refractivity contribution in [2.24, 2.45) is 10.7 Å². The van der Waals surface area contributed by atoms with E-state index in [-0.39, 0.29) is 0 Å². The standard InChI is InChI=1S/C29H35N7O2/c1-31-28(21-7-5-6-8-24(21)37-3)26-22(30)11-9-19-18-32-29(34-27(19)26)33-23-12-10-20(17-25(23)38-4)36-15-13-35(2)14-16-36/h5-8,10,12,17-18H,9,11,13-16,30H2,1-4H3,(H,32,33,34). The van der Waals surface area contributed by atoms with E-state index < -0.39 is 0 Å². The molecule has 0 amide bonds. The summed E-state index contributed by atoms with van der Waals surface area (Å²) in [5, 5.41) is 3.36. The van der Waals surface area contributed by atoms with Crippen LogP contribution in [-0.4, -0.2) is 75.1 Å². The number of piperazine rings is 1. The summed E-state index contributed by atoms with van der Waals surface area (Å²) in [7, 11) is 7.26. The van der Waals surface area contributed by atoms with E-state index in [2.05, 4.69) is 44.3 Å². The van der Waals surface area contributed by atoms with Crippen molar-refractivity contribution in [3.63, 3.8) is 0 Å². The summed E-state index contributed by atoms with van der Waals surface area (Å²) in [6.45, 7) is 4.07. The second-order valence-electron chi connectivity index (χ2n) is 9.54. The first-order valence-electron chi connectivity index (χ1n) is 12.9. The second-order valence-corrected chi connectivity index (χ2v) is 9.54. The molecule has 2 aromatic carbocycles. The number of aliphatic imine (C=N–C) groups is 1. The summed E-state index contributed by atoms with van der Waals surface area (Å²) in [6.07, 6.45) is 3.36. The molecule has 3 N–H and O–H groups in total. The van der Waals surface area contributed by atoms with Crippen molar-refractivity contribution >= 4 is 28.6 Å². The van der Waals surface area contributed by atoms with Crippen LogP contribution in [0.1, 0.15) is 23.2 Å². The highest BCUT2D eigenvalue weighted by molar-refractivity contribution is 6.33. The van der Waals surface area contributed by atoms with Gasteiger partial charge in [-0.3, -0.25) is 4.99 Å². The molecular weight excluding hydrogens is 478 g/mol. The maximum absolute atomic E-state index is 6.59. The normalized spacial score (nSPS) is 16.3. The third-order valence-electron chi connectivity index (χ3n) is 7.21. The van der Waals surface area contributed by atoms with Gasteiger partial charge in [-0.2, -0.15) is 0 Å². The Morgan fingerprint density at radius 2 is 1.76 bits per heavy atom. The second kappa shape index (κ2) is 11.1. The average Bonchev–Trinajstić information content (AvgIpc) is 2.95. The predicted octanol–water partition coefficient (Wildman–Crippen LogP) is 3.72. The van der Waals surface area contributed by atoms with E-state index >= 15 is 0 Å². The smallest absolute Gasteiger partial charge is 0.227 e. The van der Waals surface area contributed by atoms with Crippen molar-refractivity contribution in [2.75, 3.05) is 64.7 Å². The Morgan fingerprint density at radius 1 is 1.00 bits per heavy atom. The summed E-state index contributed by atoms with van der Waals surface area (Å²) < 4.78 is 11.4. The van der Waals surface area contributed by atoms with Gasteiger partial charge < -0.3 is 30.3 Å². The quantitative estimate of drug-likeness (QED) is 0.461. The Morgan fingerprint density at radius 3 is 2.50 bits per heavy atom. The number of aromatic nitrogens is 2. The van der Waals surface area contributed by atoms with Gasteiger partial charge in [-0.05, 0) is 49.7 Å². The van der Waals surface area contributed by atoms with Crippen LogP contribution in [0.5, 0.6) is 11.5 Å². The van der Waals surface area contributed by atoms with Gasteiger partial charge in [-0.15, -0.1) is 0 Å². The van der Waals surface area contributed by atoms with Crippen LogP contribution >= 0.6 is 0 Å². The molecule has 0 atom stereocenters. The number of nitrogens with zero attached hydrogens (tertiary/aromatic N) is 5. The number of ether oxygens (including phenoxy) is 2. The minimum Gasteiger partial charge on any atom is -0.496 e. The third kappa shape index (κ3) is 5.02. The first-order chi connectivity index (χ1) is 18.5. The molecule has 1 aliphatic carbocycles. The van der Waals surface area contributed by atoms with Crippen molar-refractivity contribution in [1.82, 2.24) is 14.9 Å². The van der Waals surface area contributed by atoms with Gasteiger partial charge in [-0.25, -0.2) is 9.97 Å². The number of nitrogens with two attached hydrogens (primary N) is 1. The van der Waals surface area contributed by atoms with E-state index in [1.807, 2.05) is 36.5 Å². The summed E-state index contributed by atoms with van der Waals surface area (Å²) in [4.78, 5) is 18.9. The zero-order valence-electron chi connectivity index (χ0n) is 22.5. The molecule has 1 aliphatic heterocycles. The van der Waals surface area contributed by atoms with E-state index in [1.165, 1.54) is 0 Å². The number of likely N-dealkylation sites (N-methyl/N-ethyl adjacent to an activating group) is 1. The molecule has 1 saturated heterocycles. The highest BCUT2D eigenvalue weighted by Crippen LogP contribution is 2.35. The van der Waals surface area contributed by atoms with E-state index in [9.17, 15) is 0 Å². The van der Waals surface area contributed by atoms with Gasteiger partial charge in [0, 0.05) is 68.0 Å². The number of allylic oxidation sites excluding steroid dienone is 2. The number of hydrogen-bond donors (Lipinski definition) is 2. The SMILES string of the molecule is CN=C(C1=C(N)CCc2cnc(Nc3ccc(N4CCN(C)CC4)cc3OC)nc21)c1ccccc1OC. The van der Waals surface area contributed by atoms with Crippen LogP contribution in [0.15, 0.2) is 59.4 Å². The number of aryl methyl sites for hydroxylation is 1. The fourth-order valence-corrected chi connectivity index (χ4v) is 5.05. The number of para-hydroxylation sites is 1. The van der Waals surface area contributed by atoms with Gasteiger partial charge >= 0.3 is 0 Å². The van der Waals surface area contributed by atoms with Crippen molar-refractivity contribution in [3.8, 4) is 11.5 Å². The Bertz CT molecular complexity index is 1380. The van der Waals surface area contributed by atoms with Crippen molar-refractivity contribution in [3.05, 3.63) is 71.2 Å². The summed E-state index contributed by atoms with van der Waals surface area (Å²) >= 11 is 0. The summed E-state index contributed by atoms with van der Waals surface area (Å²) in [5.74, 6) is 1.94. The number of rotatable bonds is 7. The zero-order valence-corrected chi connectivity index (χ0v) is 22.5. The number of fused-ring (bicyclic) bond motifs is 1. The Labute approximate surface area is 224 Å². The molecule has 2 heterocycles. The molecule has 3 aromatic rings. The first-order valence-corrected chi connectivity index (χ1v) is 12.9. The van der Waals surface area contributed by atoms with Crippen molar-refractivity contribution < 1.29 is 9.47 Å². The lowest BCUT2D eigenvalue weighted by Gasteiger charge is -2.34. The largest absolute Gasteiger partial charge is 0.496 e. The van der Waals surface area contributed by atoms with Gasteiger partial charge in [0.05, 0.1) is 31.3 Å². The minimum absolute atomic E-state index is 0.470. The number of methoxy groups -OCH3 is 2. The van der Waals surface area contributed by atoms with Gasteiger partial charge in [0.15, 0.2) is 0 Å². The fraction of sp³-hybridized carbons (Fsp3) is 0.345. The molecule has 0 bridgehead atoms. The Kier molecular flexibility index (Phi) is 7.46. The van der Waals surface area contributed by atoms with E-state index in [4.69, 9.17) is 20.2 Å². The third-order valence-corrected chi connectivity index (χ3v) is 7.21. The molecule has 0 saturated carbocycles. The molecule has 1 aromatic heterocycles. The molecule has 198 valence electrons. The van der Waals surface area contributed by atoms with Gasteiger partial charge in [0.25, 0.3) is 0 Å². The topological polar surface area (TPSA) is 101 Å². The molecule has 38 heavy (non-hydrogen) atoms. The van der Waals surface area contributed by atoms with Crippen LogP contribution in [0.25, 0.3) is 5.57 Å². The Hall–Kier alpha value is -4.11. The van der Waals surface area contributed by atoms with Crippen molar-refractivity contribution in [2.45, 2.75) is 12.8 Å². The van der Waals surface area contributed by atoms with E-state index in [1.54, 1.807) is 21.3 Å². The monoisotopic (exact) mass is 513 g/mol. The molecule has 1 fully saturated rings. The highest BCUT2D eigenvalue weighted by atomic mass is 16.5. The van der Waals surface area contributed by atoms with Gasteiger partial charge in [0.2, 0.25) is 5.95 Å². The number of anilines is 3. The molecule has 0 spiro atoms. The number of nitrogens with one attached hydrogen (secondary N) is 1. The van der Waals surface area contributed by atoms with Crippen LogP contribution in [-0.2, 0) is 6.42 Å². The van der Waals surface area contributed by atoms with E-state index in [0.717, 1.165) is 89.3 Å². The lowest BCUT2D eigenvalue weighted by atomic mass is 9.88. The Balaban J connectivity index is 1.47. The summed E-state index contributed by atoms with van der Waals surface area (Å²) in [5.41, 5.74) is 13.6. The zero-order chi connectivity index (χ0) is 26.6. The molecular formula is C29H35N7O2. The van der Waals surface area contributed by atoms with Gasteiger partial charge in [-0.1, -0.05) is 12.1 Å². The molecule has 2 aliphatic rings. The lowest BCUT2D eigenvalue weighted by molar-refractivity contribution is 0.312. The number of benzene rings is 2. The van der Waals surface area contributed by atoms with Gasteiger partial charge in [0.1, 0.15) is 11.5 Å². The average molecular weight is 514 g/mol. The fourth-order valence-electron chi connectivity index (χ4n) is 5.05. The van der Waals surface area contributed by atoms with E-state index in [0.29, 0.717) is 12.4 Å². The molecule has 0 radical (unpaired) electrons. The number of hydrogen-bond acceptors (Lipinski definition) is 9. The maximum atomic E-state index is 6.59. The molecule has 9 heteroatoms. The predicted molar refractivity (Wildman–Crippen MR) is 153 cm³/mol. The van der Waals surface area contributed by atoms with Crippen LogP contribution in [0.2, 0.25) is 0 Å². The first kappa shape index (κ1) is 25.5. The highest BCUT2D eigenvalue weighted by Gasteiger charge is 2.26. The van der Waals surface area contributed by atoms with Crippen LogP contribution < -0.4 is 25.4 Å². The van der Waals surface area contributed by atoms with Crippen LogP contribution in [0.3, 0.4) is 0 Å². The maximum Gasteiger partial charge on any atom is 0.227 e. The summed E-state index contributed by atoms with van der Waals surface area (Å²) in [6, 6.07) is 14.0. The minimum atomic E-state index is 0.470. The van der Waals surface area contributed by atoms with Crippen LogP contribution in [0.4, 0.5) is 17.3 Å². The molecule has 5 rings (SSSR count). The van der Waals surface area contributed by atoms with Crippen molar-refractivity contribution in [1.29, 1.82) is 0 Å². The lowest BCUT2D eigenvalue weighted by Crippen LogP contribution is -2.44. The molecule has 9 nitrogen and oxygen atoms in total. The van der Waals surface area contributed by atoms with Crippen LogP contribution in [0, 0.1) is 0 Å². The molecule has 0 unspecified atom stereocenters.